The van der Waals surface area contributed by atoms with E-state index in [1.807, 2.05) is 52.0 Å². The molecule has 3 aromatic rings. The van der Waals surface area contributed by atoms with Crippen molar-refractivity contribution in [3.63, 3.8) is 0 Å². The number of amides is 1. The number of anilines is 1. The lowest BCUT2D eigenvalue weighted by Crippen LogP contribution is -2.36. The quantitative estimate of drug-likeness (QED) is 0.437. The molecule has 1 aliphatic heterocycles. The molecule has 0 aromatic heterocycles. The van der Waals surface area contributed by atoms with Crippen LogP contribution in [0.3, 0.4) is 0 Å². The van der Waals surface area contributed by atoms with E-state index in [9.17, 15) is 9.59 Å². The van der Waals surface area contributed by atoms with E-state index < -0.39 is 5.60 Å². The van der Waals surface area contributed by atoms with Gasteiger partial charge >= 0.3 is 5.97 Å². The topological polar surface area (TPSA) is 58.6 Å². The molecule has 36 heavy (non-hydrogen) atoms. The second kappa shape index (κ2) is 9.12. The maximum Gasteiger partial charge on any atom is 0.340 e. The first-order valence-corrected chi connectivity index (χ1v) is 12.7. The first-order valence-electron chi connectivity index (χ1n) is 12.7. The van der Waals surface area contributed by atoms with Crippen LogP contribution in [0.5, 0.6) is 0 Å². The fourth-order valence-corrected chi connectivity index (χ4v) is 5.48. The summed E-state index contributed by atoms with van der Waals surface area (Å²) in [7, 11) is 0. The van der Waals surface area contributed by atoms with Gasteiger partial charge in [0.05, 0.1) is 5.56 Å². The van der Waals surface area contributed by atoms with Gasteiger partial charge in [0.1, 0.15) is 5.60 Å². The van der Waals surface area contributed by atoms with Crippen molar-refractivity contribution in [1.29, 1.82) is 0 Å². The fourth-order valence-electron chi connectivity index (χ4n) is 5.48. The Morgan fingerprint density at radius 3 is 2.33 bits per heavy atom. The van der Waals surface area contributed by atoms with Gasteiger partial charge in [-0.1, -0.05) is 42.5 Å². The Hall–Kier alpha value is -3.60. The van der Waals surface area contributed by atoms with Gasteiger partial charge in [-0.05, 0) is 93.5 Å². The van der Waals surface area contributed by atoms with Crippen LogP contribution < -0.4 is 5.32 Å². The molecular formula is C31H34N2O3. The maximum atomic E-state index is 13.5. The van der Waals surface area contributed by atoms with Crippen molar-refractivity contribution in [2.45, 2.75) is 71.7 Å². The lowest BCUT2D eigenvalue weighted by atomic mass is 9.95. The van der Waals surface area contributed by atoms with Crippen molar-refractivity contribution in [3.8, 4) is 0 Å². The number of ether oxygens (including phenoxy) is 1. The number of nitrogens with one attached hydrogen (secondary N) is 1. The van der Waals surface area contributed by atoms with Gasteiger partial charge in [0.25, 0.3) is 5.91 Å². The number of hydrogen-bond acceptors (Lipinski definition) is 4. The summed E-state index contributed by atoms with van der Waals surface area (Å²) in [5.74, 6) is -0.233. The maximum absolute atomic E-state index is 13.5. The van der Waals surface area contributed by atoms with E-state index in [2.05, 4.69) is 47.5 Å². The molecule has 0 fully saturated rings. The van der Waals surface area contributed by atoms with Crippen LogP contribution in [-0.4, -0.2) is 28.4 Å². The van der Waals surface area contributed by atoms with Crippen molar-refractivity contribution >= 4 is 17.6 Å². The molecule has 1 heterocycles. The summed E-state index contributed by atoms with van der Waals surface area (Å²) in [6.07, 6.45) is 1.81. The van der Waals surface area contributed by atoms with E-state index >= 15 is 0 Å². The molecule has 1 aliphatic carbocycles. The highest BCUT2D eigenvalue weighted by Gasteiger charge is 2.37. The molecule has 1 amide bonds. The van der Waals surface area contributed by atoms with Gasteiger partial charge in [0, 0.05) is 29.9 Å². The Morgan fingerprint density at radius 1 is 1.03 bits per heavy atom. The molecule has 5 nitrogen and oxygen atoms in total. The van der Waals surface area contributed by atoms with E-state index in [4.69, 9.17) is 4.74 Å². The van der Waals surface area contributed by atoms with Crippen LogP contribution >= 0.6 is 0 Å². The molecule has 2 aliphatic rings. The largest absolute Gasteiger partial charge is 0.456 e. The van der Waals surface area contributed by atoms with Gasteiger partial charge in [-0.2, -0.15) is 0 Å². The number of para-hydroxylation sites is 1. The smallest absolute Gasteiger partial charge is 0.340 e. The van der Waals surface area contributed by atoms with Crippen LogP contribution in [0.4, 0.5) is 5.69 Å². The van der Waals surface area contributed by atoms with Crippen LogP contribution in [0, 0.1) is 6.92 Å². The normalized spacial score (nSPS) is 16.0. The molecule has 5 rings (SSSR count). The van der Waals surface area contributed by atoms with Crippen LogP contribution in [0.1, 0.15) is 82.3 Å². The van der Waals surface area contributed by atoms with Crippen LogP contribution in [0.2, 0.25) is 0 Å². The molecular weight excluding hydrogens is 448 g/mol. The minimum Gasteiger partial charge on any atom is -0.456 e. The molecule has 3 aromatic carbocycles. The van der Waals surface area contributed by atoms with Gasteiger partial charge < -0.3 is 15.0 Å². The van der Waals surface area contributed by atoms with Gasteiger partial charge in [-0.15, -0.1) is 0 Å². The van der Waals surface area contributed by atoms with Crippen molar-refractivity contribution in [1.82, 2.24) is 4.90 Å². The minimum absolute atomic E-state index is 0.101. The Labute approximate surface area is 213 Å². The molecule has 0 bridgehead atoms. The molecule has 0 saturated heterocycles. The van der Waals surface area contributed by atoms with Crippen LogP contribution in [0.15, 0.2) is 60.7 Å². The van der Waals surface area contributed by atoms with Crippen LogP contribution in [0.25, 0.3) is 0 Å². The third-order valence-corrected chi connectivity index (χ3v) is 7.10. The van der Waals surface area contributed by atoms with Gasteiger partial charge in [0.2, 0.25) is 0 Å². The molecule has 186 valence electrons. The number of benzene rings is 3. The fraction of sp³-hybridized carbons (Fsp3) is 0.355. The summed E-state index contributed by atoms with van der Waals surface area (Å²) in [4.78, 5) is 28.4. The highest BCUT2D eigenvalue weighted by Crippen LogP contribution is 2.37. The second-order valence-electron chi connectivity index (χ2n) is 11.1. The molecule has 0 spiro atoms. The number of nitrogens with zero attached hydrogens (tertiary/aromatic N) is 1. The van der Waals surface area contributed by atoms with E-state index in [1.165, 1.54) is 11.1 Å². The summed E-state index contributed by atoms with van der Waals surface area (Å²) < 4.78 is 5.63. The average Bonchev–Trinajstić information content (AvgIpc) is 3.39. The Morgan fingerprint density at radius 2 is 1.67 bits per heavy atom. The molecule has 1 unspecified atom stereocenters. The number of hydrogen-bond donors (Lipinski definition) is 1. The second-order valence-corrected chi connectivity index (χ2v) is 11.1. The third kappa shape index (κ3) is 4.62. The standard InChI is InChI=1S/C31H34N2O3/c1-19-14-25(20(2)32-28-13-9-8-12-24(28)30(35)36-31(3,4)5)27-18-33(29(34)26(27)15-19)23-16-21-10-6-7-11-22(21)17-23/h6-15,20,23,32H,16-18H2,1-5H3. The minimum atomic E-state index is -0.573. The van der Waals surface area contributed by atoms with Crippen molar-refractivity contribution in [2.75, 3.05) is 5.32 Å². The number of rotatable bonds is 5. The summed E-state index contributed by atoms with van der Waals surface area (Å²) in [6, 6.07) is 20.2. The summed E-state index contributed by atoms with van der Waals surface area (Å²) >= 11 is 0. The first kappa shape index (κ1) is 24.1. The lowest BCUT2D eigenvalue weighted by Gasteiger charge is -2.25. The highest BCUT2D eigenvalue weighted by molar-refractivity contribution is 5.99. The van der Waals surface area contributed by atoms with E-state index in [-0.39, 0.29) is 24.0 Å². The Kier molecular flexibility index (Phi) is 6.11. The summed E-state index contributed by atoms with van der Waals surface area (Å²) in [5, 5.41) is 3.53. The molecule has 5 heteroatoms. The predicted molar refractivity (Wildman–Crippen MR) is 142 cm³/mol. The average molecular weight is 483 g/mol. The molecule has 0 radical (unpaired) electrons. The molecule has 1 N–H and O–H groups in total. The zero-order chi connectivity index (χ0) is 25.6. The lowest BCUT2D eigenvalue weighted by molar-refractivity contribution is 0.00705. The van der Waals surface area contributed by atoms with Crippen molar-refractivity contribution in [2.24, 2.45) is 0 Å². The number of aryl methyl sites for hydroxylation is 1. The zero-order valence-corrected chi connectivity index (χ0v) is 21.7. The van der Waals surface area contributed by atoms with Crippen molar-refractivity contribution in [3.05, 3.63) is 99.6 Å². The number of fused-ring (bicyclic) bond motifs is 2. The monoisotopic (exact) mass is 482 g/mol. The predicted octanol–water partition coefficient (Wildman–Crippen LogP) is 6.25. The van der Waals surface area contributed by atoms with Crippen LogP contribution in [-0.2, 0) is 24.1 Å². The van der Waals surface area contributed by atoms with Crippen molar-refractivity contribution < 1.29 is 14.3 Å². The molecule has 1 atom stereocenters. The summed E-state index contributed by atoms with van der Waals surface area (Å²) in [5.41, 5.74) is 7.38. The summed E-state index contributed by atoms with van der Waals surface area (Å²) in [6.45, 7) is 10.3. The van der Waals surface area contributed by atoms with E-state index in [1.54, 1.807) is 6.07 Å². The van der Waals surface area contributed by atoms with E-state index in [0.29, 0.717) is 12.1 Å². The zero-order valence-electron chi connectivity index (χ0n) is 21.7. The van der Waals surface area contributed by atoms with Gasteiger partial charge in [-0.3, -0.25) is 4.79 Å². The Bertz CT molecular complexity index is 1310. The third-order valence-electron chi connectivity index (χ3n) is 7.10. The van der Waals surface area contributed by atoms with Gasteiger partial charge in [0.15, 0.2) is 0 Å². The molecule has 0 saturated carbocycles. The number of esters is 1. The van der Waals surface area contributed by atoms with Gasteiger partial charge in [-0.25, -0.2) is 4.79 Å². The highest BCUT2D eigenvalue weighted by atomic mass is 16.6. The SMILES string of the molecule is Cc1cc2c(c(C(C)Nc3ccccc3C(=O)OC(C)(C)C)c1)CN(C1Cc3ccccc3C1)C2=O. The number of carbonyl (C=O) groups excluding carboxylic acids is 2. The first-order chi connectivity index (χ1) is 17.1. The Balaban J connectivity index is 1.41. The number of carbonyl (C=O) groups is 2. The van der Waals surface area contributed by atoms with E-state index in [0.717, 1.165) is 40.8 Å².